The summed E-state index contributed by atoms with van der Waals surface area (Å²) in [5, 5.41) is 9.54. The first-order valence-electron chi connectivity index (χ1n) is 7.27. The van der Waals surface area contributed by atoms with Crippen LogP contribution in [0.4, 0.5) is 0 Å². The van der Waals surface area contributed by atoms with E-state index in [0.717, 1.165) is 30.8 Å². The molecule has 3 rings (SSSR count). The average molecular weight is 236 g/mol. The molecule has 0 spiro atoms. The number of aliphatic hydroxyl groups is 1. The van der Waals surface area contributed by atoms with Gasteiger partial charge in [0, 0.05) is 19.1 Å². The van der Waals surface area contributed by atoms with Crippen LogP contribution in [0.3, 0.4) is 0 Å². The largest absolute Gasteiger partial charge is 0.396 e. The van der Waals surface area contributed by atoms with Gasteiger partial charge in [-0.3, -0.25) is 0 Å². The summed E-state index contributed by atoms with van der Waals surface area (Å²) in [5.74, 6) is 2.90. The van der Waals surface area contributed by atoms with Gasteiger partial charge in [-0.25, -0.2) is 0 Å². The maximum atomic E-state index is 9.54. The molecule has 3 aliphatic rings. The van der Waals surface area contributed by atoms with Crippen LogP contribution in [0, 0.1) is 23.7 Å². The Hall–Kier alpha value is -0.340. The van der Waals surface area contributed by atoms with Gasteiger partial charge in [-0.15, -0.1) is 0 Å². The van der Waals surface area contributed by atoms with Gasteiger partial charge < -0.3 is 9.84 Å². The molecule has 96 valence electrons. The van der Waals surface area contributed by atoms with Crippen molar-refractivity contribution in [2.75, 3.05) is 13.2 Å². The summed E-state index contributed by atoms with van der Waals surface area (Å²) in [4.78, 5) is 0. The van der Waals surface area contributed by atoms with Crippen molar-refractivity contribution < 1.29 is 9.84 Å². The van der Waals surface area contributed by atoms with Crippen molar-refractivity contribution in [3.8, 4) is 0 Å². The van der Waals surface area contributed by atoms with Gasteiger partial charge in [-0.05, 0) is 56.8 Å². The highest BCUT2D eigenvalue weighted by molar-refractivity contribution is 5.24. The third-order valence-electron chi connectivity index (χ3n) is 4.64. The fourth-order valence-electron chi connectivity index (χ4n) is 3.42. The zero-order chi connectivity index (χ0) is 11.8. The van der Waals surface area contributed by atoms with Crippen molar-refractivity contribution >= 4 is 0 Å². The average Bonchev–Trinajstić information content (AvgIpc) is 3.18. The lowest BCUT2D eigenvalue weighted by Crippen LogP contribution is -2.33. The molecule has 0 amide bonds. The smallest absolute Gasteiger partial charge is 0.0808 e. The SMILES string of the molecule is CCO[C@H]1C=C(C2CC2)[C@@H](C2CC2)CC1CO. The molecule has 0 aromatic carbocycles. The summed E-state index contributed by atoms with van der Waals surface area (Å²) in [6.45, 7) is 3.08. The molecule has 17 heavy (non-hydrogen) atoms. The molecular formula is C15H24O2. The lowest BCUT2D eigenvalue weighted by Gasteiger charge is -2.35. The Morgan fingerprint density at radius 2 is 2.06 bits per heavy atom. The van der Waals surface area contributed by atoms with Crippen LogP contribution in [0.15, 0.2) is 11.6 Å². The Kier molecular flexibility index (Phi) is 3.27. The van der Waals surface area contributed by atoms with Crippen molar-refractivity contribution in [2.45, 2.75) is 45.1 Å². The predicted molar refractivity (Wildman–Crippen MR) is 67.6 cm³/mol. The van der Waals surface area contributed by atoms with Gasteiger partial charge in [0.1, 0.15) is 0 Å². The first-order chi connectivity index (χ1) is 8.33. The Balaban J connectivity index is 1.79. The van der Waals surface area contributed by atoms with Crippen molar-refractivity contribution in [1.29, 1.82) is 0 Å². The molecule has 1 N–H and O–H groups in total. The van der Waals surface area contributed by atoms with Crippen LogP contribution in [0.2, 0.25) is 0 Å². The van der Waals surface area contributed by atoms with Crippen LogP contribution in [0.1, 0.15) is 39.0 Å². The molecule has 0 bridgehead atoms. The minimum Gasteiger partial charge on any atom is -0.396 e. The van der Waals surface area contributed by atoms with E-state index in [1.807, 2.05) is 6.92 Å². The normalized spacial score (nSPS) is 38.0. The van der Waals surface area contributed by atoms with Crippen molar-refractivity contribution in [2.24, 2.45) is 23.7 Å². The number of aliphatic hydroxyl groups excluding tert-OH is 1. The van der Waals surface area contributed by atoms with Gasteiger partial charge in [-0.2, -0.15) is 0 Å². The predicted octanol–water partition coefficient (Wildman–Crippen LogP) is 2.77. The fourth-order valence-corrected chi connectivity index (χ4v) is 3.42. The lowest BCUT2D eigenvalue weighted by molar-refractivity contribution is 0.0128. The number of hydrogen-bond donors (Lipinski definition) is 1. The molecule has 2 nitrogen and oxygen atoms in total. The standard InChI is InChI=1S/C15H24O2/c1-2-17-15-8-14(11-5-6-11)13(10-3-4-10)7-12(15)9-16/h8,10-13,15-16H,2-7,9H2,1H3/t12?,13-,15+/m1/s1. The van der Waals surface area contributed by atoms with Crippen molar-refractivity contribution in [3.63, 3.8) is 0 Å². The molecule has 0 aromatic heterocycles. The Bertz CT molecular complexity index is 302. The van der Waals surface area contributed by atoms with Gasteiger partial charge in [0.25, 0.3) is 0 Å². The third kappa shape index (κ3) is 2.43. The molecule has 2 heteroatoms. The maximum Gasteiger partial charge on any atom is 0.0808 e. The topological polar surface area (TPSA) is 29.5 Å². The summed E-state index contributed by atoms with van der Waals surface area (Å²) in [7, 11) is 0. The van der Waals surface area contributed by atoms with E-state index >= 15 is 0 Å². The monoisotopic (exact) mass is 236 g/mol. The summed E-state index contributed by atoms with van der Waals surface area (Å²) >= 11 is 0. The highest BCUT2D eigenvalue weighted by atomic mass is 16.5. The summed E-state index contributed by atoms with van der Waals surface area (Å²) in [6.07, 6.45) is 9.31. The van der Waals surface area contributed by atoms with E-state index in [2.05, 4.69) is 6.08 Å². The molecule has 2 saturated carbocycles. The first kappa shape index (κ1) is 11.7. The highest BCUT2D eigenvalue weighted by Crippen LogP contribution is 2.53. The minimum atomic E-state index is 0.176. The maximum absolute atomic E-state index is 9.54. The van der Waals surface area contributed by atoms with Gasteiger partial charge in [0.15, 0.2) is 0 Å². The molecule has 0 radical (unpaired) electrons. The third-order valence-corrected chi connectivity index (χ3v) is 4.64. The van der Waals surface area contributed by atoms with Gasteiger partial charge in [0.2, 0.25) is 0 Å². The number of ether oxygens (including phenoxy) is 1. The minimum absolute atomic E-state index is 0.176. The zero-order valence-electron chi connectivity index (χ0n) is 10.8. The van der Waals surface area contributed by atoms with Crippen LogP contribution < -0.4 is 0 Å². The van der Waals surface area contributed by atoms with E-state index in [-0.39, 0.29) is 12.7 Å². The zero-order valence-corrected chi connectivity index (χ0v) is 10.8. The van der Waals surface area contributed by atoms with Crippen LogP contribution >= 0.6 is 0 Å². The van der Waals surface area contributed by atoms with E-state index in [4.69, 9.17) is 4.74 Å². The van der Waals surface area contributed by atoms with E-state index in [1.165, 1.54) is 25.7 Å². The molecule has 0 heterocycles. The Labute approximate surface area is 104 Å². The van der Waals surface area contributed by atoms with Crippen LogP contribution in [-0.4, -0.2) is 24.4 Å². The quantitative estimate of drug-likeness (QED) is 0.744. The molecule has 2 fully saturated rings. The van der Waals surface area contributed by atoms with E-state index in [9.17, 15) is 5.11 Å². The van der Waals surface area contributed by atoms with Crippen LogP contribution in [0.5, 0.6) is 0 Å². The van der Waals surface area contributed by atoms with E-state index < -0.39 is 0 Å². The summed E-state index contributed by atoms with van der Waals surface area (Å²) in [6, 6.07) is 0. The highest BCUT2D eigenvalue weighted by Gasteiger charge is 2.44. The van der Waals surface area contributed by atoms with Gasteiger partial charge in [-0.1, -0.05) is 11.6 Å². The molecule has 0 aromatic rings. The van der Waals surface area contributed by atoms with Crippen molar-refractivity contribution in [1.82, 2.24) is 0 Å². The second-order valence-electron chi connectivity index (χ2n) is 5.98. The number of rotatable bonds is 5. The van der Waals surface area contributed by atoms with Crippen LogP contribution in [-0.2, 0) is 4.74 Å². The molecule has 1 unspecified atom stereocenters. The summed E-state index contributed by atoms with van der Waals surface area (Å²) in [5.41, 5.74) is 1.69. The molecule has 3 aliphatic carbocycles. The molecule has 0 saturated heterocycles. The van der Waals surface area contributed by atoms with E-state index in [1.54, 1.807) is 5.57 Å². The van der Waals surface area contributed by atoms with Crippen LogP contribution in [0.25, 0.3) is 0 Å². The van der Waals surface area contributed by atoms with Gasteiger partial charge >= 0.3 is 0 Å². The number of hydrogen-bond acceptors (Lipinski definition) is 2. The first-order valence-corrected chi connectivity index (χ1v) is 7.27. The van der Waals surface area contributed by atoms with Crippen molar-refractivity contribution in [3.05, 3.63) is 11.6 Å². The second-order valence-corrected chi connectivity index (χ2v) is 5.98. The summed E-state index contributed by atoms with van der Waals surface area (Å²) < 4.78 is 5.81. The molecular weight excluding hydrogens is 212 g/mol. The molecule has 0 aliphatic heterocycles. The van der Waals surface area contributed by atoms with Gasteiger partial charge in [0.05, 0.1) is 6.10 Å². The second kappa shape index (κ2) is 4.74. The lowest BCUT2D eigenvalue weighted by atomic mass is 9.75. The van der Waals surface area contributed by atoms with E-state index in [0.29, 0.717) is 5.92 Å². The molecule has 3 atom stereocenters. The Morgan fingerprint density at radius 1 is 1.29 bits per heavy atom. The fraction of sp³-hybridized carbons (Fsp3) is 0.867. The number of allylic oxidation sites excluding steroid dienone is 1. The Morgan fingerprint density at radius 3 is 2.59 bits per heavy atom.